The third kappa shape index (κ3) is 2.24. The second-order valence-electron chi connectivity index (χ2n) is 2.63. The zero-order valence-corrected chi connectivity index (χ0v) is 6.95. The number of ketones is 1. The molecule has 0 unspecified atom stereocenters. The molecule has 3 N–H and O–H groups in total. The Morgan fingerprint density at radius 3 is 2.85 bits per heavy atom. The largest absolute Gasteiger partial charge is 0.508 e. The molecule has 3 heteroatoms. The van der Waals surface area contributed by atoms with Crippen LogP contribution in [0.4, 0.5) is 5.69 Å². The lowest BCUT2D eigenvalue weighted by atomic mass is 10.1. The Hall–Kier alpha value is -1.95. The van der Waals surface area contributed by atoms with Gasteiger partial charge in [0.15, 0.2) is 0 Å². The van der Waals surface area contributed by atoms with Crippen molar-refractivity contribution >= 4 is 11.5 Å². The first-order valence-corrected chi connectivity index (χ1v) is 3.70. The lowest BCUT2D eigenvalue weighted by Crippen LogP contribution is -1.99. The number of phenols is 1. The van der Waals surface area contributed by atoms with Crippen LogP contribution in [-0.2, 0) is 11.2 Å². The maximum Gasteiger partial charge on any atom is 0.209 e. The molecule has 3 nitrogen and oxygen atoms in total. The lowest BCUT2D eigenvalue weighted by Gasteiger charge is -2.01. The van der Waals surface area contributed by atoms with E-state index in [1.165, 1.54) is 6.07 Å². The van der Waals surface area contributed by atoms with Gasteiger partial charge in [-0.05, 0) is 12.0 Å². The monoisotopic (exact) mass is 175 g/mol. The highest BCUT2D eigenvalue weighted by molar-refractivity contribution is 5.96. The predicted molar refractivity (Wildman–Crippen MR) is 50.1 cm³/mol. The predicted octanol–water partition coefficient (Wildman–Crippen LogP) is 0.719. The van der Waals surface area contributed by atoms with E-state index in [4.69, 9.17) is 12.2 Å². The van der Waals surface area contributed by atoms with E-state index in [2.05, 4.69) is 0 Å². The first-order chi connectivity index (χ1) is 6.13. The smallest absolute Gasteiger partial charge is 0.209 e. The highest BCUT2D eigenvalue weighted by Gasteiger charge is 2.05. The minimum Gasteiger partial charge on any atom is -0.508 e. The van der Waals surface area contributed by atoms with Crippen molar-refractivity contribution in [2.45, 2.75) is 6.42 Å². The van der Waals surface area contributed by atoms with E-state index in [9.17, 15) is 9.90 Å². The summed E-state index contributed by atoms with van der Waals surface area (Å²) in [5, 5.41) is 9.33. The fourth-order valence-electron chi connectivity index (χ4n) is 0.954. The molecule has 0 amide bonds. The van der Waals surface area contributed by atoms with Crippen molar-refractivity contribution in [2.24, 2.45) is 0 Å². The summed E-state index contributed by atoms with van der Waals surface area (Å²) in [6, 6.07) is 4.58. The van der Waals surface area contributed by atoms with Crippen molar-refractivity contribution in [3.05, 3.63) is 23.8 Å². The number of hydrogen-bond donors (Lipinski definition) is 2. The zero-order chi connectivity index (χ0) is 9.84. The molecule has 0 heterocycles. The molecule has 0 aliphatic carbocycles. The fourth-order valence-corrected chi connectivity index (χ4v) is 0.954. The van der Waals surface area contributed by atoms with Gasteiger partial charge in [-0.1, -0.05) is 6.07 Å². The van der Waals surface area contributed by atoms with Gasteiger partial charge >= 0.3 is 0 Å². The van der Waals surface area contributed by atoms with Gasteiger partial charge in [-0.25, -0.2) is 0 Å². The normalized spacial score (nSPS) is 9.15. The lowest BCUT2D eigenvalue weighted by molar-refractivity contribution is -0.113. The number of Topliss-reactive ketones (excluding diaryl/α,β-unsaturated/α-hetero) is 1. The molecule has 0 saturated carbocycles. The van der Waals surface area contributed by atoms with Crippen LogP contribution in [0.2, 0.25) is 0 Å². The second-order valence-corrected chi connectivity index (χ2v) is 2.63. The Morgan fingerprint density at radius 2 is 2.31 bits per heavy atom. The van der Waals surface area contributed by atoms with Crippen LogP contribution in [0.1, 0.15) is 5.56 Å². The molecule has 0 bridgehead atoms. The molecule has 1 aromatic rings. The Balaban J connectivity index is 2.91. The van der Waals surface area contributed by atoms with Gasteiger partial charge in [0.05, 0.1) is 0 Å². The van der Waals surface area contributed by atoms with E-state index in [1.54, 1.807) is 12.1 Å². The number of terminal acetylenes is 1. The van der Waals surface area contributed by atoms with Gasteiger partial charge in [0.25, 0.3) is 0 Å². The highest BCUT2D eigenvalue weighted by atomic mass is 16.3. The summed E-state index contributed by atoms with van der Waals surface area (Å²) in [5.41, 5.74) is 6.36. The van der Waals surface area contributed by atoms with Crippen molar-refractivity contribution in [1.82, 2.24) is 0 Å². The van der Waals surface area contributed by atoms with Crippen LogP contribution in [0.3, 0.4) is 0 Å². The number of rotatable bonds is 2. The summed E-state index contributed by atoms with van der Waals surface area (Å²) >= 11 is 0. The van der Waals surface area contributed by atoms with Gasteiger partial charge < -0.3 is 10.8 Å². The molecule has 13 heavy (non-hydrogen) atoms. The number of carbonyl (C=O) groups is 1. The third-order valence-corrected chi connectivity index (χ3v) is 1.62. The molecule has 0 aliphatic heterocycles. The van der Waals surface area contributed by atoms with Gasteiger partial charge in [-0.2, -0.15) is 0 Å². The number of aromatic hydroxyl groups is 1. The number of carbonyl (C=O) groups excluding carboxylic acids is 1. The minimum atomic E-state index is -0.361. The molecule has 1 rings (SSSR count). The molecule has 1 aromatic carbocycles. The quantitative estimate of drug-likeness (QED) is 0.395. The number of phenolic OH excluding ortho intramolecular Hbond substituents is 1. The number of anilines is 1. The molecule has 66 valence electrons. The van der Waals surface area contributed by atoms with Crippen molar-refractivity contribution < 1.29 is 9.90 Å². The Kier molecular flexibility index (Phi) is 2.56. The standard InChI is InChI=1S/C10H9NO2/c1-2-9(12)5-7-3-4-8(11)6-10(7)13/h1,3-4,6,13H,5,11H2. The summed E-state index contributed by atoms with van der Waals surface area (Å²) in [6.07, 6.45) is 4.94. The molecule has 0 spiro atoms. The minimum absolute atomic E-state index is 0.00333. The highest BCUT2D eigenvalue weighted by Crippen LogP contribution is 2.20. The van der Waals surface area contributed by atoms with Crippen molar-refractivity contribution in [3.63, 3.8) is 0 Å². The van der Waals surface area contributed by atoms with Crippen LogP contribution >= 0.6 is 0 Å². The van der Waals surface area contributed by atoms with Gasteiger partial charge in [-0.3, -0.25) is 4.79 Å². The SMILES string of the molecule is C#CC(=O)Cc1ccc(N)cc1O. The second kappa shape index (κ2) is 3.63. The van der Waals surface area contributed by atoms with Crippen LogP contribution in [0, 0.1) is 12.3 Å². The molecular weight excluding hydrogens is 166 g/mol. The summed E-state index contributed by atoms with van der Waals surface area (Å²) in [5.74, 6) is 1.62. The van der Waals surface area contributed by atoms with E-state index in [-0.39, 0.29) is 18.0 Å². The van der Waals surface area contributed by atoms with Crippen molar-refractivity contribution in [1.29, 1.82) is 0 Å². The number of nitrogens with two attached hydrogens (primary N) is 1. The van der Waals surface area contributed by atoms with Crippen molar-refractivity contribution in [2.75, 3.05) is 5.73 Å². The van der Waals surface area contributed by atoms with Crippen molar-refractivity contribution in [3.8, 4) is 18.1 Å². The first kappa shape index (κ1) is 9.14. The Morgan fingerprint density at radius 1 is 1.62 bits per heavy atom. The van der Waals surface area contributed by atoms with Gasteiger partial charge in [-0.15, -0.1) is 6.42 Å². The van der Waals surface area contributed by atoms with Crippen LogP contribution in [0.15, 0.2) is 18.2 Å². The van der Waals surface area contributed by atoms with Gasteiger partial charge in [0.2, 0.25) is 5.78 Å². The maximum atomic E-state index is 10.8. The summed E-state index contributed by atoms with van der Waals surface area (Å²) < 4.78 is 0. The summed E-state index contributed by atoms with van der Waals surface area (Å²) in [4.78, 5) is 10.8. The van der Waals surface area contributed by atoms with Gasteiger partial charge in [0, 0.05) is 23.7 Å². The Bertz CT molecular complexity index is 377. The van der Waals surface area contributed by atoms with Crippen LogP contribution < -0.4 is 5.73 Å². The molecule has 0 aromatic heterocycles. The molecule has 0 atom stereocenters. The fraction of sp³-hybridized carbons (Fsp3) is 0.100. The molecular formula is C10H9NO2. The van der Waals surface area contributed by atoms with E-state index < -0.39 is 0 Å². The summed E-state index contributed by atoms with van der Waals surface area (Å²) in [7, 11) is 0. The summed E-state index contributed by atoms with van der Waals surface area (Å²) in [6.45, 7) is 0. The molecule has 0 saturated heterocycles. The molecule has 0 aliphatic rings. The molecule has 0 radical (unpaired) electrons. The molecule has 0 fully saturated rings. The van der Waals surface area contributed by atoms with E-state index in [0.717, 1.165) is 0 Å². The Labute approximate surface area is 76.2 Å². The first-order valence-electron chi connectivity index (χ1n) is 3.70. The van der Waals surface area contributed by atoms with Gasteiger partial charge in [0.1, 0.15) is 5.75 Å². The topological polar surface area (TPSA) is 63.3 Å². The van der Waals surface area contributed by atoms with Crippen LogP contribution in [0.25, 0.3) is 0 Å². The number of hydrogen-bond acceptors (Lipinski definition) is 3. The number of benzene rings is 1. The average molecular weight is 175 g/mol. The van der Waals surface area contributed by atoms with Crippen LogP contribution in [-0.4, -0.2) is 10.9 Å². The average Bonchev–Trinajstić information content (AvgIpc) is 2.09. The van der Waals surface area contributed by atoms with E-state index in [0.29, 0.717) is 11.3 Å². The van der Waals surface area contributed by atoms with Crippen LogP contribution in [0.5, 0.6) is 5.75 Å². The van der Waals surface area contributed by atoms with E-state index in [1.807, 2.05) is 5.92 Å². The maximum absolute atomic E-state index is 10.8. The number of nitrogen functional groups attached to an aromatic ring is 1. The zero-order valence-electron chi connectivity index (χ0n) is 6.95. The van der Waals surface area contributed by atoms with E-state index >= 15 is 0 Å². The third-order valence-electron chi connectivity index (χ3n) is 1.62.